The molecule has 3 aliphatic heterocycles. The van der Waals surface area contributed by atoms with Crippen LogP contribution in [0.25, 0.3) is 0 Å². The van der Waals surface area contributed by atoms with Crippen LogP contribution in [0.15, 0.2) is 6.07 Å². The minimum Gasteiger partial charge on any atom is -0.477 e. The molecule has 6 nitrogen and oxygen atoms in total. The molecule has 0 bridgehead atoms. The standard InChI is InChI=1S/C19H26N2O4S/c1-20-7-2-3-13(12-20)17(22)21-8-5-19(6-9-21)14-11-16(18(23)24)26-15(14)4-10-25-19/h11,13H,2-10,12H2,1H3,(H,23,24). The van der Waals surface area contributed by atoms with Crippen LogP contribution < -0.4 is 0 Å². The van der Waals surface area contributed by atoms with Gasteiger partial charge in [0.15, 0.2) is 0 Å². The topological polar surface area (TPSA) is 70.1 Å². The predicted octanol–water partition coefficient (Wildman–Crippen LogP) is 2.18. The Bertz CT molecular complexity index is 708. The van der Waals surface area contributed by atoms with Crippen molar-refractivity contribution >= 4 is 23.2 Å². The summed E-state index contributed by atoms with van der Waals surface area (Å²) >= 11 is 1.38. The molecule has 0 aliphatic carbocycles. The van der Waals surface area contributed by atoms with Gasteiger partial charge < -0.3 is 19.6 Å². The lowest BCUT2D eigenvalue weighted by Crippen LogP contribution is -2.51. The minimum absolute atomic E-state index is 0.116. The van der Waals surface area contributed by atoms with E-state index in [1.165, 1.54) is 11.3 Å². The van der Waals surface area contributed by atoms with Crippen molar-refractivity contribution < 1.29 is 19.4 Å². The van der Waals surface area contributed by atoms with Crippen LogP contribution in [-0.4, -0.2) is 66.6 Å². The largest absolute Gasteiger partial charge is 0.477 e. The number of carbonyl (C=O) groups is 2. The third kappa shape index (κ3) is 3.17. The fourth-order valence-corrected chi connectivity index (χ4v) is 5.72. The van der Waals surface area contributed by atoms with Crippen molar-refractivity contribution in [3.63, 3.8) is 0 Å². The fraction of sp³-hybridized carbons (Fsp3) is 0.684. The van der Waals surface area contributed by atoms with Crippen LogP contribution in [0.3, 0.4) is 0 Å². The average molecular weight is 378 g/mol. The van der Waals surface area contributed by atoms with E-state index in [0.717, 1.165) is 55.6 Å². The first-order valence-electron chi connectivity index (χ1n) is 9.46. The number of aromatic carboxylic acids is 1. The van der Waals surface area contributed by atoms with E-state index < -0.39 is 11.6 Å². The molecule has 4 rings (SSSR count). The van der Waals surface area contributed by atoms with Crippen molar-refractivity contribution in [1.82, 2.24) is 9.80 Å². The molecule has 26 heavy (non-hydrogen) atoms. The number of carbonyl (C=O) groups excluding carboxylic acids is 1. The Labute approximate surface area is 157 Å². The second kappa shape index (κ2) is 6.94. The summed E-state index contributed by atoms with van der Waals surface area (Å²) in [6, 6.07) is 1.80. The van der Waals surface area contributed by atoms with Gasteiger partial charge in [-0.25, -0.2) is 4.79 Å². The van der Waals surface area contributed by atoms with Crippen LogP contribution in [0.2, 0.25) is 0 Å². The molecule has 1 unspecified atom stereocenters. The molecule has 0 saturated carbocycles. The molecular formula is C19H26N2O4S. The number of fused-ring (bicyclic) bond motifs is 2. The number of nitrogens with zero attached hydrogens (tertiary/aromatic N) is 2. The van der Waals surface area contributed by atoms with Crippen LogP contribution in [0, 0.1) is 5.92 Å². The van der Waals surface area contributed by atoms with E-state index in [2.05, 4.69) is 11.9 Å². The highest BCUT2D eigenvalue weighted by Gasteiger charge is 2.44. The number of rotatable bonds is 2. The zero-order valence-corrected chi connectivity index (χ0v) is 16.0. The number of likely N-dealkylation sites (tertiary alicyclic amines) is 2. The van der Waals surface area contributed by atoms with Crippen LogP contribution in [0.1, 0.15) is 45.8 Å². The average Bonchev–Trinajstić information content (AvgIpc) is 3.08. The van der Waals surface area contributed by atoms with Gasteiger partial charge in [-0.3, -0.25) is 4.79 Å². The van der Waals surface area contributed by atoms with E-state index in [-0.39, 0.29) is 11.8 Å². The fourth-order valence-electron chi connectivity index (χ4n) is 4.65. The Morgan fingerprint density at radius 1 is 1.31 bits per heavy atom. The number of hydrogen-bond acceptors (Lipinski definition) is 5. The first-order chi connectivity index (χ1) is 12.5. The normalized spacial score (nSPS) is 25.9. The highest BCUT2D eigenvalue weighted by molar-refractivity contribution is 7.14. The predicted molar refractivity (Wildman–Crippen MR) is 98.6 cm³/mol. The maximum atomic E-state index is 12.9. The van der Waals surface area contributed by atoms with Gasteiger partial charge in [-0.2, -0.15) is 0 Å². The molecule has 4 heterocycles. The molecule has 0 radical (unpaired) electrons. The number of amides is 1. The van der Waals surface area contributed by atoms with E-state index in [9.17, 15) is 14.7 Å². The molecule has 0 aromatic carbocycles. The second-order valence-corrected chi connectivity index (χ2v) is 8.91. The number of ether oxygens (including phenoxy) is 1. The summed E-state index contributed by atoms with van der Waals surface area (Å²) in [6.45, 7) is 3.95. The molecule has 7 heteroatoms. The van der Waals surface area contributed by atoms with Crippen molar-refractivity contribution in [3.05, 3.63) is 21.4 Å². The Balaban J connectivity index is 1.47. The summed E-state index contributed by atoms with van der Waals surface area (Å²) in [4.78, 5) is 30.0. The van der Waals surface area contributed by atoms with Crippen molar-refractivity contribution in [3.8, 4) is 0 Å². The van der Waals surface area contributed by atoms with E-state index in [0.29, 0.717) is 24.6 Å². The van der Waals surface area contributed by atoms with Crippen molar-refractivity contribution in [2.24, 2.45) is 5.92 Å². The Morgan fingerprint density at radius 2 is 2.08 bits per heavy atom. The number of carboxylic acid groups (broad SMARTS) is 1. The number of carboxylic acids is 1. The molecule has 1 spiro atoms. The molecule has 1 atom stereocenters. The van der Waals surface area contributed by atoms with Gasteiger partial charge in [0, 0.05) is 30.9 Å². The summed E-state index contributed by atoms with van der Waals surface area (Å²) in [5, 5.41) is 9.31. The summed E-state index contributed by atoms with van der Waals surface area (Å²) in [5.41, 5.74) is 0.647. The lowest BCUT2D eigenvalue weighted by atomic mass is 9.81. The summed E-state index contributed by atoms with van der Waals surface area (Å²) in [6.07, 6.45) is 4.36. The van der Waals surface area contributed by atoms with Crippen LogP contribution in [0.4, 0.5) is 0 Å². The quantitative estimate of drug-likeness (QED) is 0.854. The summed E-state index contributed by atoms with van der Waals surface area (Å²) < 4.78 is 6.18. The van der Waals surface area contributed by atoms with Gasteiger partial charge in [-0.1, -0.05) is 0 Å². The summed E-state index contributed by atoms with van der Waals surface area (Å²) in [7, 11) is 2.08. The third-order valence-electron chi connectivity index (χ3n) is 6.07. The van der Waals surface area contributed by atoms with E-state index >= 15 is 0 Å². The van der Waals surface area contributed by atoms with Gasteiger partial charge in [0.1, 0.15) is 4.88 Å². The lowest BCUT2D eigenvalue weighted by molar-refractivity contribution is -0.146. The number of thiophene rings is 1. The Kier molecular flexibility index (Phi) is 4.79. The zero-order valence-electron chi connectivity index (χ0n) is 15.2. The highest BCUT2D eigenvalue weighted by Crippen LogP contribution is 2.44. The van der Waals surface area contributed by atoms with E-state index in [1.807, 2.05) is 4.90 Å². The molecule has 1 aromatic heterocycles. The van der Waals surface area contributed by atoms with Gasteiger partial charge in [0.25, 0.3) is 0 Å². The molecule has 1 N–H and O–H groups in total. The van der Waals surface area contributed by atoms with Crippen LogP contribution in [0.5, 0.6) is 0 Å². The van der Waals surface area contributed by atoms with Gasteiger partial charge in [-0.15, -0.1) is 11.3 Å². The first-order valence-corrected chi connectivity index (χ1v) is 10.3. The van der Waals surface area contributed by atoms with E-state index in [1.54, 1.807) is 6.07 Å². The molecule has 3 aliphatic rings. The third-order valence-corrected chi connectivity index (χ3v) is 7.26. The Morgan fingerprint density at radius 3 is 2.77 bits per heavy atom. The zero-order chi connectivity index (χ0) is 18.3. The van der Waals surface area contributed by atoms with Crippen molar-refractivity contribution in [1.29, 1.82) is 0 Å². The smallest absolute Gasteiger partial charge is 0.345 e. The molecule has 142 valence electrons. The molecular weight excluding hydrogens is 352 g/mol. The number of piperidine rings is 2. The second-order valence-electron chi connectivity index (χ2n) is 7.77. The van der Waals surface area contributed by atoms with Crippen LogP contribution in [-0.2, 0) is 21.6 Å². The monoisotopic (exact) mass is 378 g/mol. The Hall–Kier alpha value is -1.44. The van der Waals surface area contributed by atoms with Crippen molar-refractivity contribution in [2.45, 2.75) is 37.7 Å². The molecule has 1 amide bonds. The molecule has 2 saturated heterocycles. The van der Waals surface area contributed by atoms with Crippen molar-refractivity contribution in [2.75, 3.05) is 39.8 Å². The van der Waals surface area contributed by atoms with Gasteiger partial charge in [-0.05, 0) is 50.9 Å². The maximum Gasteiger partial charge on any atom is 0.345 e. The van der Waals surface area contributed by atoms with Crippen LogP contribution >= 0.6 is 11.3 Å². The molecule has 2 fully saturated rings. The van der Waals surface area contributed by atoms with Gasteiger partial charge in [0.05, 0.1) is 18.1 Å². The SMILES string of the molecule is CN1CCCC(C(=O)N2CCC3(CC2)OCCc2sc(C(=O)O)cc23)C1. The maximum absolute atomic E-state index is 12.9. The summed E-state index contributed by atoms with van der Waals surface area (Å²) in [5.74, 6) is -0.474. The first kappa shape index (κ1) is 17.9. The van der Waals surface area contributed by atoms with Gasteiger partial charge >= 0.3 is 5.97 Å². The highest BCUT2D eigenvalue weighted by atomic mass is 32.1. The van der Waals surface area contributed by atoms with Gasteiger partial charge in [0.2, 0.25) is 5.91 Å². The lowest BCUT2D eigenvalue weighted by Gasteiger charge is -2.45. The molecule has 1 aromatic rings. The minimum atomic E-state index is -0.867. The van der Waals surface area contributed by atoms with E-state index in [4.69, 9.17) is 4.74 Å². The number of hydrogen-bond donors (Lipinski definition) is 1.